The van der Waals surface area contributed by atoms with Crippen molar-refractivity contribution in [2.24, 2.45) is 0 Å². The van der Waals surface area contributed by atoms with Gasteiger partial charge >= 0.3 is 0 Å². The number of hydrogen-bond donors (Lipinski definition) is 1. The van der Waals surface area contributed by atoms with E-state index in [-0.39, 0.29) is 12.6 Å². The maximum Gasteiger partial charge on any atom is 0.271 e. The molecule has 10 heteroatoms. The minimum absolute atomic E-state index is 0.118. The highest BCUT2D eigenvalue weighted by atomic mass is 35.5. The molecule has 0 saturated carbocycles. The first-order chi connectivity index (χ1) is 13.8. The van der Waals surface area contributed by atoms with Gasteiger partial charge in [0, 0.05) is 24.3 Å². The lowest BCUT2D eigenvalue weighted by Crippen LogP contribution is -2.26. The second-order valence-corrected chi connectivity index (χ2v) is 7.63. The van der Waals surface area contributed by atoms with E-state index in [9.17, 15) is 4.79 Å². The molecule has 0 aliphatic carbocycles. The average Bonchev–Trinajstić information content (AvgIpc) is 3.25. The van der Waals surface area contributed by atoms with Crippen molar-refractivity contribution >= 4 is 40.7 Å². The molecule has 1 N–H and O–H groups in total. The number of nitrogens with one attached hydrogen (secondary N) is 1. The fraction of sp³-hybridized carbons (Fsp3) is 0.316. The molecule has 0 fully saturated rings. The Morgan fingerprint density at radius 3 is 2.66 bits per heavy atom. The van der Waals surface area contributed by atoms with Crippen molar-refractivity contribution in [2.45, 2.75) is 33.5 Å². The van der Waals surface area contributed by atoms with Crippen LogP contribution in [0.2, 0.25) is 15.1 Å². The molecule has 1 aromatic carbocycles. The van der Waals surface area contributed by atoms with Gasteiger partial charge in [0.1, 0.15) is 11.4 Å². The van der Waals surface area contributed by atoms with Crippen LogP contribution in [0, 0.1) is 13.8 Å². The van der Waals surface area contributed by atoms with Gasteiger partial charge in [0.05, 0.1) is 21.4 Å². The van der Waals surface area contributed by atoms with Crippen LogP contribution < -0.4 is 10.1 Å². The van der Waals surface area contributed by atoms with Crippen LogP contribution in [0.4, 0.5) is 0 Å². The number of hydrogen-bond acceptors (Lipinski definition) is 4. The molecular formula is C19H20Cl3N5O2. The van der Waals surface area contributed by atoms with E-state index < -0.39 is 0 Å². The first-order valence-corrected chi connectivity index (χ1v) is 10.1. The summed E-state index contributed by atoms with van der Waals surface area (Å²) in [5.41, 5.74) is 2.04. The fourth-order valence-corrected chi connectivity index (χ4v) is 3.30. The molecule has 0 atom stereocenters. The lowest BCUT2D eigenvalue weighted by atomic mass is 10.3. The van der Waals surface area contributed by atoms with Crippen molar-refractivity contribution in [1.82, 2.24) is 24.9 Å². The summed E-state index contributed by atoms with van der Waals surface area (Å²) < 4.78 is 8.96. The van der Waals surface area contributed by atoms with Gasteiger partial charge in [-0.3, -0.25) is 9.48 Å². The summed E-state index contributed by atoms with van der Waals surface area (Å²) in [5, 5.41) is 13.1. The molecule has 0 radical (unpaired) electrons. The number of carbonyl (C=O) groups is 1. The van der Waals surface area contributed by atoms with E-state index in [1.165, 1.54) is 4.68 Å². The fourth-order valence-electron chi connectivity index (χ4n) is 2.70. The minimum Gasteiger partial charge on any atom is -0.470 e. The number of nitrogens with zero attached hydrogens (tertiary/aromatic N) is 4. The Hall–Kier alpha value is -2.22. The molecule has 0 bridgehead atoms. The van der Waals surface area contributed by atoms with Gasteiger partial charge < -0.3 is 10.1 Å². The number of aromatic nitrogens is 4. The van der Waals surface area contributed by atoms with E-state index in [2.05, 4.69) is 15.5 Å². The third kappa shape index (κ3) is 5.44. The Balaban J connectivity index is 1.45. The first-order valence-electron chi connectivity index (χ1n) is 8.94. The monoisotopic (exact) mass is 455 g/mol. The zero-order chi connectivity index (χ0) is 21.0. The van der Waals surface area contributed by atoms with Crippen LogP contribution >= 0.6 is 34.8 Å². The Morgan fingerprint density at radius 2 is 1.97 bits per heavy atom. The topological polar surface area (TPSA) is 74.0 Å². The first kappa shape index (κ1) is 21.5. The van der Waals surface area contributed by atoms with Crippen LogP contribution in [-0.4, -0.2) is 32.0 Å². The molecule has 29 heavy (non-hydrogen) atoms. The summed E-state index contributed by atoms with van der Waals surface area (Å²) in [6.45, 7) is 5.08. The highest BCUT2D eigenvalue weighted by Crippen LogP contribution is 2.27. The molecule has 2 aromatic heterocycles. The van der Waals surface area contributed by atoms with Crippen molar-refractivity contribution in [2.75, 3.05) is 6.54 Å². The third-order valence-electron chi connectivity index (χ3n) is 4.24. The molecule has 3 rings (SSSR count). The van der Waals surface area contributed by atoms with Crippen LogP contribution in [0.15, 0.2) is 30.5 Å². The van der Waals surface area contributed by atoms with E-state index in [0.29, 0.717) is 39.6 Å². The Labute approximate surface area is 183 Å². The third-order valence-corrected chi connectivity index (χ3v) is 5.32. The molecule has 0 aliphatic rings. The lowest BCUT2D eigenvalue weighted by molar-refractivity contribution is 0.0945. The molecule has 1 amide bonds. The van der Waals surface area contributed by atoms with Gasteiger partial charge in [-0.2, -0.15) is 10.2 Å². The number of benzene rings is 1. The molecule has 2 heterocycles. The van der Waals surface area contributed by atoms with E-state index >= 15 is 0 Å². The summed E-state index contributed by atoms with van der Waals surface area (Å²) in [4.78, 5) is 12.3. The molecule has 0 saturated heterocycles. The zero-order valence-corrected chi connectivity index (χ0v) is 18.2. The maximum atomic E-state index is 12.3. The molecule has 154 valence electrons. The second-order valence-electron chi connectivity index (χ2n) is 6.41. The van der Waals surface area contributed by atoms with Crippen molar-refractivity contribution in [1.29, 1.82) is 0 Å². The highest BCUT2D eigenvalue weighted by molar-refractivity contribution is 6.35. The van der Waals surface area contributed by atoms with Crippen molar-refractivity contribution in [3.8, 4) is 5.75 Å². The molecule has 0 spiro atoms. The van der Waals surface area contributed by atoms with E-state index in [1.807, 2.05) is 18.5 Å². The summed E-state index contributed by atoms with van der Waals surface area (Å²) in [6.07, 6.45) is 2.39. The number of aryl methyl sites for hydroxylation is 2. The van der Waals surface area contributed by atoms with Crippen LogP contribution in [0.25, 0.3) is 0 Å². The number of amides is 1. The molecule has 3 aromatic rings. The standard InChI is InChI=1S/C19H20Cl3N5O2/c1-12-18(22)13(2)27(24-12)8-3-7-23-19(28)16-6-9-26(25-16)11-29-17-5-4-14(20)10-15(17)21/h4-6,9-10H,3,7-8,11H2,1-2H3,(H,23,28). The van der Waals surface area contributed by atoms with Gasteiger partial charge in [-0.15, -0.1) is 0 Å². The molecule has 7 nitrogen and oxygen atoms in total. The quantitative estimate of drug-likeness (QED) is 0.506. The Kier molecular flexibility index (Phi) is 7.05. The number of halogens is 3. The minimum atomic E-state index is -0.250. The van der Waals surface area contributed by atoms with E-state index in [1.54, 1.807) is 30.5 Å². The molecule has 0 unspecified atom stereocenters. The SMILES string of the molecule is Cc1nn(CCCNC(=O)c2ccn(COc3ccc(Cl)cc3Cl)n2)c(C)c1Cl. The van der Waals surface area contributed by atoms with Gasteiger partial charge in [0.25, 0.3) is 5.91 Å². The number of carbonyl (C=O) groups excluding carboxylic acids is 1. The lowest BCUT2D eigenvalue weighted by Gasteiger charge is -2.08. The zero-order valence-electron chi connectivity index (χ0n) is 16.0. The van der Waals surface area contributed by atoms with Gasteiger partial charge in [-0.25, -0.2) is 4.68 Å². The van der Waals surface area contributed by atoms with Crippen LogP contribution in [0.5, 0.6) is 5.75 Å². The highest BCUT2D eigenvalue weighted by Gasteiger charge is 2.11. The van der Waals surface area contributed by atoms with Crippen LogP contribution in [0.1, 0.15) is 28.3 Å². The normalized spacial score (nSPS) is 10.9. The molecule has 0 aliphatic heterocycles. The van der Waals surface area contributed by atoms with E-state index in [0.717, 1.165) is 17.8 Å². The van der Waals surface area contributed by atoms with Crippen molar-refractivity contribution in [3.05, 3.63) is 62.6 Å². The van der Waals surface area contributed by atoms with Crippen LogP contribution in [-0.2, 0) is 13.3 Å². The Bertz CT molecular complexity index is 1020. The Morgan fingerprint density at radius 1 is 1.17 bits per heavy atom. The van der Waals surface area contributed by atoms with Gasteiger partial charge in [0.15, 0.2) is 6.73 Å². The smallest absolute Gasteiger partial charge is 0.271 e. The average molecular weight is 457 g/mol. The summed E-state index contributed by atoms with van der Waals surface area (Å²) in [6, 6.07) is 6.59. The summed E-state index contributed by atoms with van der Waals surface area (Å²) >= 11 is 18.1. The van der Waals surface area contributed by atoms with Crippen molar-refractivity contribution in [3.63, 3.8) is 0 Å². The summed E-state index contributed by atoms with van der Waals surface area (Å²) in [5.74, 6) is 0.237. The summed E-state index contributed by atoms with van der Waals surface area (Å²) in [7, 11) is 0. The van der Waals surface area contributed by atoms with Gasteiger partial charge in [-0.1, -0.05) is 34.8 Å². The maximum absolute atomic E-state index is 12.3. The second kappa shape index (κ2) is 9.52. The van der Waals surface area contributed by atoms with Crippen LogP contribution in [0.3, 0.4) is 0 Å². The number of ether oxygens (including phenoxy) is 1. The largest absolute Gasteiger partial charge is 0.470 e. The van der Waals surface area contributed by atoms with E-state index in [4.69, 9.17) is 39.5 Å². The number of rotatable bonds is 8. The van der Waals surface area contributed by atoms with Gasteiger partial charge in [-0.05, 0) is 44.5 Å². The predicted octanol–water partition coefficient (Wildman–Crippen LogP) is 4.51. The van der Waals surface area contributed by atoms with Crippen molar-refractivity contribution < 1.29 is 9.53 Å². The van der Waals surface area contributed by atoms with Gasteiger partial charge in [0.2, 0.25) is 0 Å². The predicted molar refractivity (Wildman–Crippen MR) is 113 cm³/mol. The molecular weight excluding hydrogens is 437 g/mol.